The van der Waals surface area contributed by atoms with Crippen molar-refractivity contribution in [2.24, 2.45) is 0 Å². The number of ether oxygens (including phenoxy) is 1. The minimum absolute atomic E-state index is 0.106. The molecule has 4 rings (SSSR count). The lowest BCUT2D eigenvalue weighted by molar-refractivity contribution is -0.132. The molecular formula is C25H20Cl2N2O4. The highest BCUT2D eigenvalue weighted by molar-refractivity contribution is 6.52. The molecule has 0 spiro atoms. The van der Waals surface area contributed by atoms with E-state index in [1.807, 2.05) is 32.0 Å². The Labute approximate surface area is 201 Å². The maximum absolute atomic E-state index is 13.3. The Hall–Kier alpha value is -3.35. The third-order valence-electron chi connectivity index (χ3n) is 5.50. The van der Waals surface area contributed by atoms with Gasteiger partial charge in [-0.2, -0.15) is 0 Å². The molecule has 0 aliphatic carbocycles. The van der Waals surface area contributed by atoms with Crippen LogP contribution in [-0.4, -0.2) is 28.9 Å². The van der Waals surface area contributed by atoms with E-state index in [9.17, 15) is 14.7 Å². The molecule has 3 aromatic rings. The van der Waals surface area contributed by atoms with Crippen molar-refractivity contribution in [1.82, 2.24) is 4.98 Å². The van der Waals surface area contributed by atoms with Crippen molar-refractivity contribution in [1.29, 1.82) is 0 Å². The summed E-state index contributed by atoms with van der Waals surface area (Å²) in [6.45, 7) is 3.75. The molecule has 0 saturated carbocycles. The first-order valence-electron chi connectivity index (χ1n) is 10.1. The molecule has 0 bridgehead atoms. The maximum Gasteiger partial charge on any atom is 0.300 e. The van der Waals surface area contributed by atoms with E-state index in [1.165, 1.54) is 24.1 Å². The molecule has 1 atom stereocenters. The normalized spacial score (nSPS) is 17.5. The number of rotatable bonds is 4. The molecule has 8 heteroatoms. The Kier molecular flexibility index (Phi) is 6.15. The van der Waals surface area contributed by atoms with E-state index in [0.29, 0.717) is 11.4 Å². The van der Waals surface area contributed by atoms with Crippen molar-refractivity contribution in [3.63, 3.8) is 0 Å². The predicted molar refractivity (Wildman–Crippen MR) is 128 cm³/mol. The molecule has 1 saturated heterocycles. The first kappa shape index (κ1) is 22.8. The number of aryl methyl sites for hydroxylation is 2. The van der Waals surface area contributed by atoms with E-state index in [4.69, 9.17) is 27.9 Å². The highest BCUT2D eigenvalue weighted by Gasteiger charge is 2.48. The lowest BCUT2D eigenvalue weighted by Crippen LogP contribution is -2.30. The number of amides is 1. The van der Waals surface area contributed by atoms with Gasteiger partial charge < -0.3 is 9.84 Å². The fourth-order valence-electron chi connectivity index (χ4n) is 3.97. The number of Topliss-reactive ketones (excluding diaryl/α,β-unsaturated/α-hetero) is 1. The minimum Gasteiger partial charge on any atom is -0.507 e. The van der Waals surface area contributed by atoms with E-state index in [2.05, 4.69) is 4.98 Å². The van der Waals surface area contributed by atoms with Crippen LogP contribution < -0.4 is 9.64 Å². The molecule has 1 N–H and O–H groups in total. The van der Waals surface area contributed by atoms with Gasteiger partial charge in [0.2, 0.25) is 0 Å². The van der Waals surface area contributed by atoms with Crippen LogP contribution >= 0.6 is 23.2 Å². The zero-order valence-electron chi connectivity index (χ0n) is 18.1. The number of benzene rings is 2. The number of ketones is 1. The van der Waals surface area contributed by atoms with Gasteiger partial charge in [-0.05, 0) is 55.3 Å². The third kappa shape index (κ3) is 3.96. The summed E-state index contributed by atoms with van der Waals surface area (Å²) in [6, 6.07) is 12.7. The second-order valence-electron chi connectivity index (χ2n) is 7.68. The van der Waals surface area contributed by atoms with E-state index in [1.54, 1.807) is 24.4 Å². The molecule has 33 heavy (non-hydrogen) atoms. The van der Waals surface area contributed by atoms with Gasteiger partial charge in [-0.1, -0.05) is 41.4 Å². The third-order valence-corrected chi connectivity index (χ3v) is 6.00. The number of hydrogen-bond acceptors (Lipinski definition) is 5. The summed E-state index contributed by atoms with van der Waals surface area (Å²) in [5.74, 6) is -1.93. The van der Waals surface area contributed by atoms with Crippen molar-refractivity contribution >= 4 is 46.3 Å². The number of carbonyl (C=O) groups is 2. The molecular weight excluding hydrogens is 463 g/mol. The number of pyridine rings is 1. The van der Waals surface area contributed by atoms with Crippen LogP contribution in [-0.2, 0) is 9.59 Å². The van der Waals surface area contributed by atoms with Crippen molar-refractivity contribution in [3.8, 4) is 5.75 Å². The summed E-state index contributed by atoms with van der Waals surface area (Å²) in [6.07, 6.45) is 1.56. The Morgan fingerprint density at radius 1 is 1.09 bits per heavy atom. The smallest absolute Gasteiger partial charge is 0.300 e. The summed E-state index contributed by atoms with van der Waals surface area (Å²) in [4.78, 5) is 32.4. The molecule has 1 aliphatic rings. The van der Waals surface area contributed by atoms with E-state index in [0.717, 1.165) is 11.1 Å². The van der Waals surface area contributed by atoms with Crippen molar-refractivity contribution < 1.29 is 19.4 Å². The van der Waals surface area contributed by atoms with Crippen molar-refractivity contribution in [3.05, 3.63) is 92.7 Å². The zero-order valence-corrected chi connectivity index (χ0v) is 19.6. The van der Waals surface area contributed by atoms with Gasteiger partial charge in [0.1, 0.15) is 17.6 Å². The number of nitrogens with zero attached hydrogens (tertiary/aromatic N) is 2. The molecule has 168 valence electrons. The van der Waals surface area contributed by atoms with E-state index >= 15 is 0 Å². The predicted octanol–water partition coefficient (Wildman–Crippen LogP) is 5.64. The second kappa shape index (κ2) is 8.89. The lowest BCUT2D eigenvalue weighted by Gasteiger charge is -2.26. The van der Waals surface area contributed by atoms with Crippen LogP contribution in [0.5, 0.6) is 5.75 Å². The monoisotopic (exact) mass is 482 g/mol. The average molecular weight is 483 g/mol. The summed E-state index contributed by atoms with van der Waals surface area (Å²) < 4.78 is 5.35. The highest BCUT2D eigenvalue weighted by Crippen LogP contribution is 2.45. The number of halogens is 2. The van der Waals surface area contributed by atoms with Gasteiger partial charge in [0.05, 0.1) is 29.0 Å². The molecule has 1 fully saturated rings. The van der Waals surface area contributed by atoms with Crippen LogP contribution in [0.15, 0.2) is 60.3 Å². The fraction of sp³-hybridized carbons (Fsp3) is 0.160. The van der Waals surface area contributed by atoms with Gasteiger partial charge in [-0.3, -0.25) is 19.5 Å². The lowest BCUT2D eigenvalue weighted by atomic mass is 9.97. The molecule has 6 nitrogen and oxygen atoms in total. The minimum atomic E-state index is -0.964. The van der Waals surface area contributed by atoms with E-state index < -0.39 is 23.5 Å². The Balaban J connectivity index is 2.03. The zero-order chi connectivity index (χ0) is 23.9. The van der Waals surface area contributed by atoms with Gasteiger partial charge in [0.25, 0.3) is 11.7 Å². The Morgan fingerprint density at radius 2 is 1.85 bits per heavy atom. The number of carbonyl (C=O) groups excluding carboxylic acids is 2. The van der Waals surface area contributed by atoms with Crippen molar-refractivity contribution in [2.75, 3.05) is 12.0 Å². The Bertz CT molecular complexity index is 1310. The van der Waals surface area contributed by atoms with Crippen LogP contribution in [0, 0.1) is 13.8 Å². The summed E-state index contributed by atoms with van der Waals surface area (Å²) in [5.41, 5.74) is 2.67. The largest absolute Gasteiger partial charge is 0.507 e. The average Bonchev–Trinajstić information content (AvgIpc) is 3.05. The SMILES string of the molecule is COc1c(Cl)cc(Cl)cc1/C(O)=C1\C(=O)C(=O)N(c2cc(C)ccc2C)C1c1ccccn1. The summed E-state index contributed by atoms with van der Waals surface area (Å²) in [7, 11) is 1.39. The van der Waals surface area contributed by atoms with Crippen LogP contribution in [0.4, 0.5) is 5.69 Å². The number of methoxy groups -OCH3 is 1. The summed E-state index contributed by atoms with van der Waals surface area (Å²) in [5, 5.41) is 11.7. The fourth-order valence-corrected chi connectivity index (χ4v) is 4.54. The highest BCUT2D eigenvalue weighted by atomic mass is 35.5. The van der Waals surface area contributed by atoms with Gasteiger partial charge in [0, 0.05) is 16.9 Å². The molecule has 2 heterocycles. The quantitative estimate of drug-likeness (QED) is 0.295. The van der Waals surface area contributed by atoms with Crippen LogP contribution in [0.3, 0.4) is 0 Å². The number of aliphatic hydroxyl groups is 1. The number of hydrogen-bond donors (Lipinski definition) is 1. The maximum atomic E-state index is 13.3. The van der Waals surface area contributed by atoms with Gasteiger partial charge >= 0.3 is 0 Å². The summed E-state index contributed by atoms with van der Waals surface area (Å²) >= 11 is 12.4. The number of aliphatic hydroxyl groups excluding tert-OH is 1. The molecule has 1 amide bonds. The molecule has 1 aliphatic heterocycles. The first-order valence-corrected chi connectivity index (χ1v) is 10.8. The number of anilines is 1. The van der Waals surface area contributed by atoms with Crippen LogP contribution in [0.1, 0.15) is 28.4 Å². The molecule has 2 aromatic carbocycles. The van der Waals surface area contributed by atoms with Gasteiger partial charge in [-0.15, -0.1) is 0 Å². The Morgan fingerprint density at radius 3 is 2.52 bits per heavy atom. The van der Waals surface area contributed by atoms with Gasteiger partial charge in [-0.25, -0.2) is 0 Å². The topological polar surface area (TPSA) is 79.7 Å². The molecule has 1 unspecified atom stereocenters. The molecule has 1 aromatic heterocycles. The second-order valence-corrected chi connectivity index (χ2v) is 8.53. The van der Waals surface area contributed by atoms with Crippen LogP contribution in [0.2, 0.25) is 10.0 Å². The van der Waals surface area contributed by atoms with Gasteiger partial charge in [0.15, 0.2) is 0 Å². The molecule has 0 radical (unpaired) electrons. The van der Waals surface area contributed by atoms with Crippen molar-refractivity contribution in [2.45, 2.75) is 19.9 Å². The first-order chi connectivity index (χ1) is 15.7. The van der Waals surface area contributed by atoms with Crippen LogP contribution in [0.25, 0.3) is 5.76 Å². The van der Waals surface area contributed by atoms with E-state index in [-0.39, 0.29) is 26.9 Å². The number of aromatic nitrogens is 1. The standard InChI is InChI=1S/C25H20Cl2N2O4/c1-13-7-8-14(2)19(10-13)29-21(18-6-4-5-9-28-18)20(23(31)25(29)32)22(30)16-11-15(26)12-17(27)24(16)33-3/h4-12,21,30H,1-3H3/b22-20+.